The van der Waals surface area contributed by atoms with Gasteiger partial charge in [-0.05, 0) is 60.3 Å². The summed E-state index contributed by atoms with van der Waals surface area (Å²) < 4.78 is 10.5. The Kier molecular flexibility index (Phi) is 5.04. The number of carbonyl (C=O) groups excluding carboxylic acids is 1. The smallest absolute Gasteiger partial charge is 0.407 e. The van der Waals surface area contributed by atoms with E-state index in [1.165, 1.54) is 12.8 Å². The zero-order valence-corrected chi connectivity index (χ0v) is 15.1. The van der Waals surface area contributed by atoms with Gasteiger partial charge in [-0.3, -0.25) is 0 Å². The van der Waals surface area contributed by atoms with Crippen LogP contribution in [0.25, 0.3) is 0 Å². The minimum absolute atomic E-state index is 0.160. The van der Waals surface area contributed by atoms with Crippen molar-refractivity contribution in [3.8, 4) is 0 Å². The molecule has 6 nitrogen and oxygen atoms in total. The molecule has 6 heteroatoms. The predicted octanol–water partition coefficient (Wildman–Crippen LogP) is 3.07. The van der Waals surface area contributed by atoms with E-state index in [9.17, 15) is 4.79 Å². The number of ether oxygens (including phenoxy) is 1. The van der Waals surface area contributed by atoms with Gasteiger partial charge in [0.15, 0.2) is 0 Å². The summed E-state index contributed by atoms with van der Waals surface area (Å²) >= 11 is 0. The number of aromatic nitrogens is 1. The van der Waals surface area contributed by atoms with Gasteiger partial charge < -0.3 is 19.9 Å². The number of amides is 1. The van der Waals surface area contributed by atoms with Crippen molar-refractivity contribution in [1.82, 2.24) is 15.8 Å². The fraction of sp³-hybridized carbons (Fsp3) is 0.765. The van der Waals surface area contributed by atoms with Crippen LogP contribution in [0.3, 0.4) is 0 Å². The molecular formula is C17H29N3O3. The predicted molar refractivity (Wildman–Crippen MR) is 88.2 cm³/mol. The molecule has 0 spiro atoms. The number of aryl methyl sites for hydroxylation is 2. The zero-order chi connectivity index (χ0) is 17.3. The fourth-order valence-electron chi connectivity index (χ4n) is 2.69. The Labute approximate surface area is 138 Å². The Morgan fingerprint density at radius 2 is 1.96 bits per heavy atom. The van der Waals surface area contributed by atoms with E-state index in [0.29, 0.717) is 19.0 Å². The summed E-state index contributed by atoms with van der Waals surface area (Å²) in [4.78, 5) is 11.9. The molecule has 0 aromatic carbocycles. The number of hydrogen-bond acceptors (Lipinski definition) is 5. The molecule has 1 amide bonds. The van der Waals surface area contributed by atoms with Gasteiger partial charge in [-0.25, -0.2) is 4.79 Å². The molecule has 1 aromatic heterocycles. The maximum Gasteiger partial charge on any atom is 0.407 e. The SMILES string of the molecule is Cc1noc(C)c1CNC(C)(CNC(=O)OC(C)(C)C)C1CC1. The molecule has 1 saturated carbocycles. The van der Waals surface area contributed by atoms with Crippen molar-refractivity contribution in [2.24, 2.45) is 5.92 Å². The topological polar surface area (TPSA) is 76.4 Å². The zero-order valence-electron chi connectivity index (χ0n) is 15.1. The highest BCUT2D eigenvalue weighted by atomic mass is 16.6. The van der Waals surface area contributed by atoms with Crippen LogP contribution < -0.4 is 10.6 Å². The number of alkyl carbamates (subject to hydrolysis) is 1. The molecule has 23 heavy (non-hydrogen) atoms. The standard InChI is InChI=1S/C17H29N3O3/c1-11-14(12(2)23-20-11)9-19-17(6,13-7-8-13)10-18-15(21)22-16(3,4)5/h13,19H,7-10H2,1-6H3,(H,18,21). The average Bonchev–Trinajstić information content (AvgIpc) is 3.22. The molecule has 2 N–H and O–H groups in total. The molecule has 1 aliphatic carbocycles. The van der Waals surface area contributed by atoms with E-state index in [0.717, 1.165) is 17.0 Å². The van der Waals surface area contributed by atoms with Gasteiger partial charge in [0.2, 0.25) is 0 Å². The first-order chi connectivity index (χ1) is 10.6. The molecular weight excluding hydrogens is 294 g/mol. The van der Waals surface area contributed by atoms with Crippen LogP contribution in [0.5, 0.6) is 0 Å². The van der Waals surface area contributed by atoms with Gasteiger partial charge in [-0.2, -0.15) is 0 Å². The summed E-state index contributed by atoms with van der Waals surface area (Å²) in [6.07, 6.45) is 1.99. The van der Waals surface area contributed by atoms with Crippen LogP contribution in [0.15, 0.2) is 4.52 Å². The maximum absolute atomic E-state index is 11.9. The third kappa shape index (κ3) is 4.96. The van der Waals surface area contributed by atoms with Gasteiger partial charge in [-0.1, -0.05) is 5.16 Å². The van der Waals surface area contributed by atoms with Gasteiger partial charge in [0, 0.05) is 24.2 Å². The molecule has 1 aliphatic rings. The minimum Gasteiger partial charge on any atom is -0.444 e. The molecule has 0 saturated heterocycles. The largest absolute Gasteiger partial charge is 0.444 e. The van der Waals surface area contributed by atoms with Gasteiger partial charge in [0.1, 0.15) is 11.4 Å². The summed E-state index contributed by atoms with van der Waals surface area (Å²) in [6.45, 7) is 12.8. The van der Waals surface area contributed by atoms with Crippen LogP contribution >= 0.6 is 0 Å². The van der Waals surface area contributed by atoms with Gasteiger partial charge in [0.05, 0.1) is 5.69 Å². The van der Waals surface area contributed by atoms with Crippen LogP contribution in [-0.4, -0.2) is 28.9 Å². The summed E-state index contributed by atoms with van der Waals surface area (Å²) in [5.74, 6) is 1.41. The van der Waals surface area contributed by atoms with Gasteiger partial charge >= 0.3 is 6.09 Å². The lowest BCUT2D eigenvalue weighted by Crippen LogP contribution is -2.53. The molecule has 1 atom stereocenters. The lowest BCUT2D eigenvalue weighted by Gasteiger charge is -2.32. The fourth-order valence-corrected chi connectivity index (χ4v) is 2.69. The lowest BCUT2D eigenvalue weighted by molar-refractivity contribution is 0.0507. The van der Waals surface area contributed by atoms with Gasteiger partial charge in [-0.15, -0.1) is 0 Å². The number of rotatable bonds is 6. The van der Waals surface area contributed by atoms with E-state index in [4.69, 9.17) is 9.26 Å². The number of nitrogens with one attached hydrogen (secondary N) is 2. The summed E-state index contributed by atoms with van der Waals surface area (Å²) in [5, 5.41) is 10.5. The molecule has 1 unspecified atom stereocenters. The van der Waals surface area contributed by atoms with Crippen LogP contribution in [0, 0.1) is 19.8 Å². The van der Waals surface area contributed by atoms with E-state index >= 15 is 0 Å². The lowest BCUT2D eigenvalue weighted by atomic mass is 9.95. The van der Waals surface area contributed by atoms with Crippen molar-refractivity contribution in [2.45, 2.75) is 72.1 Å². The van der Waals surface area contributed by atoms with Crippen LogP contribution in [-0.2, 0) is 11.3 Å². The summed E-state index contributed by atoms with van der Waals surface area (Å²) in [5.41, 5.74) is 1.36. The number of hydrogen-bond donors (Lipinski definition) is 2. The minimum atomic E-state index is -0.482. The van der Waals surface area contributed by atoms with E-state index in [1.807, 2.05) is 34.6 Å². The molecule has 130 valence electrons. The highest BCUT2D eigenvalue weighted by molar-refractivity contribution is 5.67. The van der Waals surface area contributed by atoms with E-state index in [1.54, 1.807) is 0 Å². The number of nitrogens with zero attached hydrogens (tertiary/aromatic N) is 1. The van der Waals surface area contributed by atoms with Crippen LogP contribution in [0.1, 0.15) is 57.6 Å². The molecule has 1 aromatic rings. The Morgan fingerprint density at radius 1 is 1.30 bits per heavy atom. The first-order valence-electron chi connectivity index (χ1n) is 8.24. The van der Waals surface area contributed by atoms with Crippen molar-refractivity contribution in [1.29, 1.82) is 0 Å². The molecule has 1 heterocycles. The van der Waals surface area contributed by atoms with Crippen molar-refractivity contribution in [3.05, 3.63) is 17.0 Å². The third-order valence-electron chi connectivity index (χ3n) is 4.33. The normalized spacial score (nSPS) is 17.7. The molecule has 0 aliphatic heterocycles. The average molecular weight is 323 g/mol. The highest BCUT2D eigenvalue weighted by Crippen LogP contribution is 2.39. The summed E-state index contributed by atoms with van der Waals surface area (Å²) in [6, 6.07) is 0. The Balaban J connectivity index is 1.93. The monoisotopic (exact) mass is 323 g/mol. The van der Waals surface area contributed by atoms with Crippen molar-refractivity contribution >= 4 is 6.09 Å². The van der Waals surface area contributed by atoms with Crippen molar-refractivity contribution in [2.75, 3.05) is 6.54 Å². The van der Waals surface area contributed by atoms with Crippen molar-refractivity contribution < 1.29 is 14.1 Å². The Morgan fingerprint density at radius 3 is 2.43 bits per heavy atom. The molecule has 2 rings (SSSR count). The second-order valence-corrected chi connectivity index (χ2v) is 7.70. The van der Waals surface area contributed by atoms with E-state index < -0.39 is 5.60 Å². The molecule has 1 fully saturated rings. The van der Waals surface area contributed by atoms with Crippen LogP contribution in [0.4, 0.5) is 4.79 Å². The second-order valence-electron chi connectivity index (χ2n) is 7.70. The first kappa shape index (κ1) is 17.8. The first-order valence-corrected chi connectivity index (χ1v) is 8.24. The number of carbonyl (C=O) groups is 1. The quantitative estimate of drug-likeness (QED) is 0.841. The highest BCUT2D eigenvalue weighted by Gasteiger charge is 2.41. The third-order valence-corrected chi connectivity index (χ3v) is 4.33. The van der Waals surface area contributed by atoms with Gasteiger partial charge in [0.25, 0.3) is 0 Å². The van der Waals surface area contributed by atoms with Crippen LogP contribution in [0.2, 0.25) is 0 Å². The molecule has 0 bridgehead atoms. The molecule has 0 radical (unpaired) electrons. The maximum atomic E-state index is 11.9. The second kappa shape index (κ2) is 6.51. The Hall–Kier alpha value is -1.56. The van der Waals surface area contributed by atoms with Crippen molar-refractivity contribution in [3.63, 3.8) is 0 Å². The van der Waals surface area contributed by atoms with E-state index in [-0.39, 0.29) is 11.6 Å². The summed E-state index contributed by atoms with van der Waals surface area (Å²) in [7, 11) is 0. The van der Waals surface area contributed by atoms with E-state index in [2.05, 4.69) is 22.7 Å². The Bertz CT molecular complexity index is 538.